The summed E-state index contributed by atoms with van der Waals surface area (Å²) in [5, 5.41) is 3.35. The van der Waals surface area contributed by atoms with Crippen LogP contribution in [0.5, 0.6) is 0 Å². The molecule has 2 aromatic rings. The van der Waals surface area contributed by atoms with E-state index in [1.54, 1.807) is 0 Å². The minimum atomic E-state index is 0.803. The highest BCUT2D eigenvalue weighted by molar-refractivity contribution is 5.21. The van der Waals surface area contributed by atoms with Crippen molar-refractivity contribution >= 4 is 0 Å². The Labute approximate surface area is 108 Å². The van der Waals surface area contributed by atoms with Crippen molar-refractivity contribution in [3.05, 3.63) is 41.4 Å². The summed E-state index contributed by atoms with van der Waals surface area (Å²) in [4.78, 5) is 4.23. The number of nitrogens with zero attached hydrogens (tertiary/aromatic N) is 2. The van der Waals surface area contributed by atoms with Crippen LogP contribution in [0, 0.1) is 13.8 Å². The van der Waals surface area contributed by atoms with Gasteiger partial charge in [-0.2, -0.15) is 0 Å². The highest BCUT2D eigenvalue weighted by Crippen LogP contribution is 2.16. The Bertz CT molecular complexity index is 499. The largest absolute Gasteiger partial charge is 0.465 e. The predicted molar refractivity (Wildman–Crippen MR) is 71.5 cm³/mol. The Morgan fingerprint density at radius 1 is 1.39 bits per heavy atom. The van der Waals surface area contributed by atoms with Crippen LogP contribution in [0.2, 0.25) is 0 Å². The van der Waals surface area contributed by atoms with Crippen LogP contribution in [0.1, 0.15) is 36.3 Å². The summed E-state index contributed by atoms with van der Waals surface area (Å²) in [6.07, 6.45) is 4.96. The van der Waals surface area contributed by atoms with Crippen molar-refractivity contribution in [3.63, 3.8) is 0 Å². The fourth-order valence-electron chi connectivity index (χ4n) is 1.97. The standard InChI is InChI=1S/C14H21N3O/c1-4-5-15-9-14-8-13(11(2)18-14)10-17-7-6-16-12(17)3/h6-8,15H,4-5,9-10H2,1-3H3. The molecule has 4 heteroatoms. The minimum Gasteiger partial charge on any atom is -0.465 e. The normalized spacial score (nSPS) is 11.1. The van der Waals surface area contributed by atoms with E-state index in [0.29, 0.717) is 0 Å². The highest BCUT2D eigenvalue weighted by atomic mass is 16.3. The van der Waals surface area contributed by atoms with Gasteiger partial charge in [0.25, 0.3) is 0 Å². The van der Waals surface area contributed by atoms with Crippen LogP contribution in [0.25, 0.3) is 0 Å². The van der Waals surface area contributed by atoms with Crippen LogP contribution < -0.4 is 5.32 Å². The molecule has 0 aliphatic carbocycles. The second-order valence-corrected chi connectivity index (χ2v) is 4.57. The lowest BCUT2D eigenvalue weighted by atomic mass is 10.2. The highest BCUT2D eigenvalue weighted by Gasteiger charge is 2.08. The summed E-state index contributed by atoms with van der Waals surface area (Å²) in [5.41, 5.74) is 1.23. The fraction of sp³-hybridized carbons (Fsp3) is 0.500. The van der Waals surface area contributed by atoms with Crippen LogP contribution in [0.4, 0.5) is 0 Å². The topological polar surface area (TPSA) is 43.0 Å². The summed E-state index contributed by atoms with van der Waals surface area (Å²) in [6.45, 7) is 8.85. The van der Waals surface area contributed by atoms with Gasteiger partial charge in [-0.3, -0.25) is 0 Å². The first kappa shape index (κ1) is 12.9. The number of rotatable bonds is 6. The van der Waals surface area contributed by atoms with Crippen LogP contribution in [0.3, 0.4) is 0 Å². The van der Waals surface area contributed by atoms with Crippen molar-refractivity contribution in [2.24, 2.45) is 0 Å². The van der Waals surface area contributed by atoms with E-state index < -0.39 is 0 Å². The molecular formula is C14H21N3O. The van der Waals surface area contributed by atoms with Gasteiger partial charge in [-0.25, -0.2) is 4.98 Å². The molecule has 0 radical (unpaired) electrons. The minimum absolute atomic E-state index is 0.803. The van der Waals surface area contributed by atoms with Crippen molar-refractivity contribution < 1.29 is 4.42 Å². The van der Waals surface area contributed by atoms with Crippen molar-refractivity contribution in [2.45, 2.75) is 40.3 Å². The molecule has 0 amide bonds. The maximum Gasteiger partial charge on any atom is 0.118 e. The van der Waals surface area contributed by atoms with Gasteiger partial charge in [0.15, 0.2) is 0 Å². The van der Waals surface area contributed by atoms with Gasteiger partial charge >= 0.3 is 0 Å². The van der Waals surface area contributed by atoms with Gasteiger partial charge in [0.05, 0.1) is 13.1 Å². The molecule has 0 fully saturated rings. The van der Waals surface area contributed by atoms with Gasteiger partial charge in [0, 0.05) is 18.0 Å². The Kier molecular flexibility index (Phi) is 4.20. The molecule has 0 saturated carbocycles. The third kappa shape index (κ3) is 3.01. The number of nitrogens with one attached hydrogen (secondary N) is 1. The van der Waals surface area contributed by atoms with Crippen LogP contribution in [-0.2, 0) is 13.1 Å². The molecule has 0 saturated heterocycles. The number of aromatic nitrogens is 2. The lowest BCUT2D eigenvalue weighted by Crippen LogP contribution is -2.13. The third-order valence-electron chi connectivity index (χ3n) is 3.06. The third-order valence-corrected chi connectivity index (χ3v) is 3.06. The second-order valence-electron chi connectivity index (χ2n) is 4.57. The van der Waals surface area contributed by atoms with Gasteiger partial charge in [0.1, 0.15) is 17.3 Å². The molecule has 4 nitrogen and oxygen atoms in total. The molecule has 0 atom stereocenters. The van der Waals surface area contributed by atoms with Crippen molar-refractivity contribution in [1.29, 1.82) is 0 Å². The molecule has 0 unspecified atom stereocenters. The smallest absolute Gasteiger partial charge is 0.118 e. The fourth-order valence-corrected chi connectivity index (χ4v) is 1.97. The maximum absolute atomic E-state index is 5.75. The Morgan fingerprint density at radius 2 is 2.22 bits per heavy atom. The first-order chi connectivity index (χ1) is 8.70. The zero-order chi connectivity index (χ0) is 13.0. The molecule has 0 aliphatic heterocycles. The van der Waals surface area contributed by atoms with E-state index in [1.807, 2.05) is 26.2 Å². The van der Waals surface area contributed by atoms with Crippen LogP contribution in [0.15, 0.2) is 22.9 Å². The lowest BCUT2D eigenvalue weighted by molar-refractivity contribution is 0.459. The van der Waals surface area contributed by atoms with Gasteiger partial charge < -0.3 is 14.3 Å². The average Bonchev–Trinajstić information content (AvgIpc) is 2.88. The van der Waals surface area contributed by atoms with E-state index in [2.05, 4.69) is 27.9 Å². The quantitative estimate of drug-likeness (QED) is 0.798. The first-order valence-electron chi connectivity index (χ1n) is 6.47. The number of furan rings is 1. The number of imidazole rings is 1. The van der Waals surface area contributed by atoms with E-state index >= 15 is 0 Å². The maximum atomic E-state index is 5.75. The molecular weight excluding hydrogens is 226 g/mol. The number of hydrogen-bond acceptors (Lipinski definition) is 3. The predicted octanol–water partition coefficient (Wildman–Crippen LogP) is 2.64. The molecule has 0 bridgehead atoms. The lowest BCUT2D eigenvalue weighted by Gasteiger charge is -2.02. The molecule has 1 N–H and O–H groups in total. The number of hydrogen-bond donors (Lipinski definition) is 1. The van der Waals surface area contributed by atoms with Crippen molar-refractivity contribution in [1.82, 2.24) is 14.9 Å². The summed E-state index contributed by atoms with van der Waals surface area (Å²) in [7, 11) is 0. The van der Waals surface area contributed by atoms with E-state index in [0.717, 1.165) is 43.4 Å². The molecule has 0 aromatic carbocycles. The monoisotopic (exact) mass is 247 g/mol. The van der Waals surface area contributed by atoms with Gasteiger partial charge in [0.2, 0.25) is 0 Å². The van der Waals surface area contributed by atoms with E-state index in [9.17, 15) is 0 Å². The zero-order valence-corrected chi connectivity index (χ0v) is 11.4. The molecule has 98 valence electrons. The van der Waals surface area contributed by atoms with E-state index in [1.165, 1.54) is 5.56 Å². The van der Waals surface area contributed by atoms with Crippen molar-refractivity contribution in [2.75, 3.05) is 6.54 Å². The Hall–Kier alpha value is -1.55. The summed E-state index contributed by atoms with van der Waals surface area (Å²) >= 11 is 0. The molecule has 2 heterocycles. The van der Waals surface area contributed by atoms with Gasteiger partial charge in [-0.05, 0) is 32.9 Å². The van der Waals surface area contributed by atoms with Crippen LogP contribution in [-0.4, -0.2) is 16.1 Å². The molecule has 18 heavy (non-hydrogen) atoms. The Balaban J connectivity index is 2.03. The molecule has 2 aromatic heterocycles. The second kappa shape index (κ2) is 5.87. The number of aryl methyl sites for hydroxylation is 2. The van der Waals surface area contributed by atoms with E-state index in [4.69, 9.17) is 4.42 Å². The Morgan fingerprint density at radius 3 is 2.89 bits per heavy atom. The molecule has 0 spiro atoms. The first-order valence-corrected chi connectivity index (χ1v) is 6.47. The van der Waals surface area contributed by atoms with E-state index in [-0.39, 0.29) is 0 Å². The molecule has 2 rings (SSSR count). The SMILES string of the molecule is CCCNCc1cc(Cn2ccnc2C)c(C)o1. The zero-order valence-electron chi connectivity index (χ0n) is 11.4. The van der Waals surface area contributed by atoms with Gasteiger partial charge in [-0.15, -0.1) is 0 Å². The summed E-state index contributed by atoms with van der Waals surface area (Å²) < 4.78 is 7.88. The molecule has 0 aliphatic rings. The summed E-state index contributed by atoms with van der Waals surface area (Å²) in [5.74, 6) is 3.03. The van der Waals surface area contributed by atoms with Crippen LogP contribution >= 0.6 is 0 Å². The van der Waals surface area contributed by atoms with Gasteiger partial charge in [-0.1, -0.05) is 6.92 Å². The van der Waals surface area contributed by atoms with Crippen molar-refractivity contribution in [3.8, 4) is 0 Å². The average molecular weight is 247 g/mol. The summed E-state index contributed by atoms with van der Waals surface area (Å²) in [6, 6.07) is 2.14.